The number of ether oxygens (including phenoxy) is 1. The highest BCUT2D eigenvalue weighted by Gasteiger charge is 2.30. The minimum atomic E-state index is -1.01. The van der Waals surface area contributed by atoms with E-state index < -0.39 is 41.9 Å². The average Bonchev–Trinajstić information content (AvgIpc) is 2.91. The summed E-state index contributed by atoms with van der Waals surface area (Å²) in [6.07, 6.45) is 1.42. The van der Waals surface area contributed by atoms with Crippen molar-refractivity contribution < 1.29 is 23.9 Å². The SMILES string of the molecule is CC(C)C[C@H](NC(=O)OCc1ccccc1)C(=O)N[C@@H](Cc1ccccc1)C(=O)N[C@@H](CCCCN)C(N)=O. The van der Waals surface area contributed by atoms with Gasteiger partial charge in [-0.25, -0.2) is 4.79 Å². The van der Waals surface area contributed by atoms with Gasteiger partial charge in [-0.2, -0.15) is 0 Å². The lowest BCUT2D eigenvalue weighted by Crippen LogP contribution is -2.57. The molecule has 10 nitrogen and oxygen atoms in total. The second-order valence-electron chi connectivity index (χ2n) is 9.89. The molecule has 0 aliphatic rings. The Bertz CT molecular complexity index is 1050. The summed E-state index contributed by atoms with van der Waals surface area (Å²) in [6.45, 7) is 4.36. The van der Waals surface area contributed by atoms with Crippen LogP contribution in [0.15, 0.2) is 60.7 Å². The molecular formula is C29H41N5O5. The van der Waals surface area contributed by atoms with E-state index in [1.807, 2.05) is 74.5 Å². The number of rotatable bonds is 16. The van der Waals surface area contributed by atoms with Crippen LogP contribution in [0.4, 0.5) is 4.79 Å². The molecule has 4 amide bonds. The van der Waals surface area contributed by atoms with Crippen LogP contribution < -0.4 is 27.4 Å². The number of primary amides is 1. The highest BCUT2D eigenvalue weighted by molar-refractivity contribution is 5.93. The van der Waals surface area contributed by atoms with Crippen LogP contribution in [-0.4, -0.2) is 48.5 Å². The number of hydrogen-bond acceptors (Lipinski definition) is 6. The lowest BCUT2D eigenvalue weighted by atomic mass is 10.0. The molecule has 0 radical (unpaired) electrons. The minimum absolute atomic E-state index is 0.0559. The summed E-state index contributed by atoms with van der Waals surface area (Å²) >= 11 is 0. The molecule has 2 aromatic rings. The van der Waals surface area contributed by atoms with Gasteiger partial charge in [0.25, 0.3) is 0 Å². The van der Waals surface area contributed by atoms with E-state index >= 15 is 0 Å². The van der Waals surface area contributed by atoms with Crippen molar-refractivity contribution >= 4 is 23.8 Å². The molecular weight excluding hydrogens is 498 g/mol. The number of unbranched alkanes of at least 4 members (excludes halogenated alkanes) is 1. The first kappa shape index (κ1) is 31.3. The summed E-state index contributed by atoms with van der Waals surface area (Å²) in [5, 5.41) is 8.08. The van der Waals surface area contributed by atoms with Gasteiger partial charge in [0.05, 0.1) is 0 Å². The van der Waals surface area contributed by atoms with E-state index in [1.54, 1.807) is 0 Å². The summed E-state index contributed by atoms with van der Waals surface area (Å²) in [7, 11) is 0. The molecule has 2 rings (SSSR count). The first-order valence-electron chi connectivity index (χ1n) is 13.3. The van der Waals surface area contributed by atoms with E-state index in [-0.39, 0.29) is 18.9 Å². The standard InChI is InChI=1S/C29H41N5O5/c1-20(2)17-24(34-29(38)39-19-22-13-7-4-8-14-22)27(36)33-25(18-21-11-5-3-6-12-21)28(37)32-23(26(31)35)15-9-10-16-30/h3-8,11-14,20,23-25H,9-10,15-19,30H2,1-2H3,(H2,31,35)(H,32,37)(H,33,36)(H,34,38)/t23-,24-,25-/m0/s1. The van der Waals surface area contributed by atoms with Gasteiger partial charge in [-0.1, -0.05) is 74.5 Å². The molecule has 0 unspecified atom stereocenters. The molecule has 0 aliphatic heterocycles. The molecule has 0 saturated heterocycles. The van der Waals surface area contributed by atoms with Crippen molar-refractivity contribution in [3.63, 3.8) is 0 Å². The van der Waals surface area contributed by atoms with Gasteiger partial charge >= 0.3 is 6.09 Å². The first-order chi connectivity index (χ1) is 18.7. The smallest absolute Gasteiger partial charge is 0.408 e. The maximum absolute atomic E-state index is 13.4. The third-order valence-corrected chi connectivity index (χ3v) is 6.05. The van der Waals surface area contributed by atoms with Gasteiger partial charge in [0.2, 0.25) is 17.7 Å². The number of carbonyl (C=O) groups is 4. The van der Waals surface area contributed by atoms with E-state index in [0.717, 1.165) is 11.1 Å². The van der Waals surface area contributed by atoms with E-state index in [0.29, 0.717) is 32.2 Å². The van der Waals surface area contributed by atoms with E-state index in [1.165, 1.54) is 0 Å². The Morgan fingerprint density at radius 1 is 0.769 bits per heavy atom. The zero-order valence-corrected chi connectivity index (χ0v) is 22.7. The third kappa shape index (κ3) is 12.0. The molecule has 0 aromatic heterocycles. The summed E-state index contributed by atoms with van der Waals surface area (Å²) in [4.78, 5) is 51.1. The van der Waals surface area contributed by atoms with Crippen molar-refractivity contribution in [1.82, 2.24) is 16.0 Å². The number of carbonyl (C=O) groups excluding carboxylic acids is 4. The summed E-state index contributed by atoms with van der Waals surface area (Å²) in [6, 6.07) is 15.5. The molecule has 3 atom stereocenters. The van der Waals surface area contributed by atoms with Crippen LogP contribution in [-0.2, 0) is 32.1 Å². The summed E-state index contributed by atoms with van der Waals surface area (Å²) in [5.74, 6) is -1.67. The molecule has 2 aromatic carbocycles. The minimum Gasteiger partial charge on any atom is -0.445 e. The zero-order valence-electron chi connectivity index (χ0n) is 22.7. The van der Waals surface area contributed by atoms with E-state index in [9.17, 15) is 19.2 Å². The normalized spacial score (nSPS) is 13.1. The van der Waals surface area contributed by atoms with Crippen molar-refractivity contribution in [3.05, 3.63) is 71.8 Å². The molecule has 39 heavy (non-hydrogen) atoms. The molecule has 0 spiro atoms. The number of nitrogens with one attached hydrogen (secondary N) is 3. The molecule has 0 heterocycles. The number of amides is 4. The van der Waals surface area contributed by atoms with Crippen LogP contribution in [0.25, 0.3) is 0 Å². The molecule has 0 aliphatic carbocycles. The molecule has 212 valence electrons. The van der Waals surface area contributed by atoms with Crippen LogP contribution >= 0.6 is 0 Å². The first-order valence-corrected chi connectivity index (χ1v) is 13.3. The maximum Gasteiger partial charge on any atom is 0.408 e. The van der Waals surface area contributed by atoms with Gasteiger partial charge in [0.1, 0.15) is 24.7 Å². The van der Waals surface area contributed by atoms with Gasteiger partial charge in [0.15, 0.2) is 0 Å². The van der Waals surface area contributed by atoms with Crippen LogP contribution in [0, 0.1) is 5.92 Å². The zero-order chi connectivity index (χ0) is 28.6. The van der Waals surface area contributed by atoms with Gasteiger partial charge in [-0.15, -0.1) is 0 Å². The number of benzene rings is 2. The monoisotopic (exact) mass is 539 g/mol. The highest BCUT2D eigenvalue weighted by atomic mass is 16.5. The number of nitrogens with two attached hydrogens (primary N) is 2. The second kappa shape index (κ2) is 16.8. The Morgan fingerprint density at radius 2 is 1.33 bits per heavy atom. The Balaban J connectivity index is 2.14. The molecule has 7 N–H and O–H groups in total. The van der Waals surface area contributed by atoms with Gasteiger partial charge in [-0.3, -0.25) is 14.4 Å². The van der Waals surface area contributed by atoms with Crippen LogP contribution in [0.5, 0.6) is 0 Å². The van der Waals surface area contributed by atoms with Gasteiger partial charge < -0.3 is 32.2 Å². The Labute approximate surface area is 230 Å². The van der Waals surface area contributed by atoms with Crippen LogP contribution in [0.1, 0.15) is 50.7 Å². The van der Waals surface area contributed by atoms with Crippen LogP contribution in [0.3, 0.4) is 0 Å². The highest BCUT2D eigenvalue weighted by Crippen LogP contribution is 2.10. The average molecular weight is 540 g/mol. The fourth-order valence-electron chi connectivity index (χ4n) is 3.99. The quantitative estimate of drug-likeness (QED) is 0.205. The van der Waals surface area contributed by atoms with Crippen molar-refractivity contribution in [3.8, 4) is 0 Å². The van der Waals surface area contributed by atoms with Crippen LogP contribution in [0.2, 0.25) is 0 Å². The number of alkyl carbamates (subject to hydrolysis) is 1. The lowest BCUT2D eigenvalue weighted by molar-refractivity contribution is -0.132. The van der Waals surface area contributed by atoms with Crippen molar-refractivity contribution in [2.45, 2.75) is 70.7 Å². The predicted molar refractivity (Wildman–Crippen MR) is 149 cm³/mol. The van der Waals surface area contributed by atoms with Crippen molar-refractivity contribution in [1.29, 1.82) is 0 Å². The largest absolute Gasteiger partial charge is 0.445 e. The number of hydrogen-bond donors (Lipinski definition) is 5. The third-order valence-electron chi connectivity index (χ3n) is 6.05. The Hall–Kier alpha value is -3.92. The molecule has 0 fully saturated rings. The van der Waals surface area contributed by atoms with Crippen molar-refractivity contribution in [2.75, 3.05) is 6.54 Å². The van der Waals surface area contributed by atoms with Gasteiger partial charge in [-0.05, 0) is 49.3 Å². The second-order valence-corrected chi connectivity index (χ2v) is 9.89. The predicted octanol–water partition coefficient (Wildman–Crippen LogP) is 2.15. The Morgan fingerprint density at radius 3 is 1.90 bits per heavy atom. The van der Waals surface area contributed by atoms with E-state index in [2.05, 4.69) is 16.0 Å². The summed E-state index contributed by atoms with van der Waals surface area (Å²) in [5.41, 5.74) is 12.7. The van der Waals surface area contributed by atoms with Gasteiger partial charge in [0, 0.05) is 6.42 Å². The molecule has 0 bridgehead atoms. The fraction of sp³-hybridized carbons (Fsp3) is 0.448. The van der Waals surface area contributed by atoms with Crippen molar-refractivity contribution in [2.24, 2.45) is 17.4 Å². The lowest BCUT2D eigenvalue weighted by Gasteiger charge is -2.25. The maximum atomic E-state index is 13.4. The molecule has 0 saturated carbocycles. The Kier molecular flexibility index (Phi) is 13.5. The molecule has 10 heteroatoms. The topological polar surface area (TPSA) is 166 Å². The fourth-order valence-corrected chi connectivity index (χ4v) is 3.99. The van der Waals surface area contributed by atoms with E-state index in [4.69, 9.17) is 16.2 Å². The summed E-state index contributed by atoms with van der Waals surface area (Å²) < 4.78 is 5.29.